The van der Waals surface area contributed by atoms with Crippen LogP contribution in [-0.4, -0.2) is 39.5 Å². The Bertz CT molecular complexity index is 1270. The van der Waals surface area contributed by atoms with Crippen molar-refractivity contribution in [1.29, 1.82) is 0 Å². The summed E-state index contributed by atoms with van der Waals surface area (Å²) in [5.74, 6) is 0.329. The molecule has 1 aliphatic rings. The molecular formula is C19H16F3N5O2S. The van der Waals surface area contributed by atoms with Gasteiger partial charge in [-0.1, -0.05) is 6.08 Å². The lowest BCUT2D eigenvalue weighted by Gasteiger charge is -2.15. The number of rotatable bonds is 4. The zero-order valence-corrected chi connectivity index (χ0v) is 16.8. The predicted octanol–water partition coefficient (Wildman–Crippen LogP) is 4.08. The normalized spacial score (nSPS) is 14.6. The first-order valence-corrected chi connectivity index (χ1v) is 9.79. The highest BCUT2D eigenvalue weighted by Crippen LogP contribution is 2.34. The first-order chi connectivity index (χ1) is 14.3. The Hall–Kier alpha value is -3.21. The van der Waals surface area contributed by atoms with Crippen LogP contribution in [0.25, 0.3) is 26.1 Å². The van der Waals surface area contributed by atoms with Gasteiger partial charge in [0.1, 0.15) is 39.3 Å². The molecule has 0 saturated heterocycles. The molecule has 0 bridgehead atoms. The number of halogens is 3. The van der Waals surface area contributed by atoms with Crippen LogP contribution in [0, 0.1) is 0 Å². The Morgan fingerprint density at radius 2 is 2.07 bits per heavy atom. The van der Waals surface area contributed by atoms with Gasteiger partial charge in [-0.15, -0.1) is 24.5 Å². The zero-order valence-electron chi connectivity index (χ0n) is 16.0. The van der Waals surface area contributed by atoms with Crippen molar-refractivity contribution in [1.82, 2.24) is 19.5 Å². The van der Waals surface area contributed by atoms with Crippen molar-refractivity contribution in [3.8, 4) is 0 Å². The van der Waals surface area contributed by atoms with Crippen molar-refractivity contribution in [2.24, 2.45) is 0 Å². The topological polar surface area (TPSA) is 73.1 Å². The highest BCUT2D eigenvalue weighted by molar-refractivity contribution is 7.25. The molecule has 0 saturated carbocycles. The van der Waals surface area contributed by atoms with Crippen LogP contribution in [0.3, 0.4) is 0 Å². The number of aromatic nitrogens is 4. The summed E-state index contributed by atoms with van der Waals surface area (Å²) in [6.45, 7) is 2.70. The minimum atomic E-state index is -4.78. The van der Waals surface area contributed by atoms with Gasteiger partial charge in [-0.3, -0.25) is 9.36 Å². The molecule has 0 aromatic carbocycles. The molecule has 0 amide bonds. The fourth-order valence-corrected chi connectivity index (χ4v) is 4.09. The van der Waals surface area contributed by atoms with Crippen LogP contribution < -0.4 is 10.5 Å². The van der Waals surface area contributed by atoms with Crippen LogP contribution in [0.2, 0.25) is 0 Å². The lowest BCUT2D eigenvalue weighted by Crippen LogP contribution is -2.19. The van der Waals surface area contributed by atoms with E-state index in [0.717, 1.165) is 0 Å². The van der Waals surface area contributed by atoms with E-state index in [2.05, 4.69) is 19.7 Å². The standard InChI is InChI=1S/C19H16F3N5O2S/c1-3-26(2)16-13-14-15(30-17(13)24-9-23-16)18(28)27(10-25-14)11-5-4-6-12(8-7-11)29-19(20,21)22/h4,6-10H,3,5H2,1-2H3. The highest BCUT2D eigenvalue weighted by Gasteiger charge is 2.31. The maximum absolute atomic E-state index is 13.1. The minimum absolute atomic E-state index is 0.239. The Morgan fingerprint density at radius 3 is 2.80 bits per heavy atom. The van der Waals surface area contributed by atoms with Gasteiger partial charge in [0.05, 0.1) is 5.39 Å². The molecule has 3 heterocycles. The Labute approximate surface area is 172 Å². The maximum Gasteiger partial charge on any atom is 0.573 e. The van der Waals surface area contributed by atoms with E-state index in [-0.39, 0.29) is 17.7 Å². The van der Waals surface area contributed by atoms with E-state index in [0.29, 0.717) is 38.5 Å². The van der Waals surface area contributed by atoms with Gasteiger partial charge in [0.15, 0.2) is 0 Å². The Balaban J connectivity index is 1.83. The van der Waals surface area contributed by atoms with Gasteiger partial charge in [-0.05, 0) is 25.2 Å². The maximum atomic E-state index is 13.1. The molecule has 11 heteroatoms. The van der Waals surface area contributed by atoms with Crippen LogP contribution in [-0.2, 0) is 4.74 Å². The quantitative estimate of drug-likeness (QED) is 0.615. The van der Waals surface area contributed by atoms with E-state index in [1.165, 1.54) is 52.9 Å². The van der Waals surface area contributed by atoms with E-state index < -0.39 is 6.36 Å². The molecule has 0 spiro atoms. The van der Waals surface area contributed by atoms with Gasteiger partial charge >= 0.3 is 6.36 Å². The van der Waals surface area contributed by atoms with Crippen LogP contribution in [0.4, 0.5) is 19.0 Å². The van der Waals surface area contributed by atoms with Gasteiger partial charge in [0, 0.05) is 25.7 Å². The minimum Gasteiger partial charge on any atom is -0.406 e. The van der Waals surface area contributed by atoms with Crippen molar-refractivity contribution < 1.29 is 17.9 Å². The molecule has 0 aliphatic heterocycles. The van der Waals surface area contributed by atoms with Gasteiger partial charge in [0.25, 0.3) is 5.56 Å². The third kappa shape index (κ3) is 3.67. The Kier molecular flexibility index (Phi) is 5.06. The molecule has 3 aromatic heterocycles. The number of nitrogens with zero attached hydrogens (tertiary/aromatic N) is 5. The Morgan fingerprint density at radius 1 is 1.27 bits per heavy atom. The summed E-state index contributed by atoms with van der Waals surface area (Å²) in [7, 11) is 1.89. The van der Waals surface area contributed by atoms with E-state index in [4.69, 9.17) is 0 Å². The molecule has 0 N–H and O–H groups in total. The van der Waals surface area contributed by atoms with Crippen molar-refractivity contribution in [3.63, 3.8) is 0 Å². The third-order valence-electron chi connectivity index (χ3n) is 4.59. The molecule has 0 radical (unpaired) electrons. The lowest BCUT2D eigenvalue weighted by molar-refractivity contribution is -0.303. The number of thiophene rings is 1. The molecule has 0 unspecified atom stereocenters. The molecule has 7 nitrogen and oxygen atoms in total. The summed E-state index contributed by atoms with van der Waals surface area (Å²) < 4.78 is 43.0. The van der Waals surface area contributed by atoms with Crippen molar-refractivity contribution in [2.75, 3.05) is 18.5 Å². The van der Waals surface area contributed by atoms with Gasteiger partial charge in [-0.25, -0.2) is 15.0 Å². The number of fused-ring (bicyclic) bond motifs is 3. The average molecular weight is 435 g/mol. The largest absolute Gasteiger partial charge is 0.573 e. The van der Waals surface area contributed by atoms with Gasteiger partial charge in [-0.2, -0.15) is 0 Å². The summed E-state index contributed by atoms with van der Waals surface area (Å²) in [5.41, 5.74) is 0.663. The molecule has 3 aromatic rings. The smallest absolute Gasteiger partial charge is 0.406 e. The number of hydrogen-bond acceptors (Lipinski definition) is 7. The number of allylic oxidation sites excluding steroid dienone is 5. The number of hydrogen-bond donors (Lipinski definition) is 0. The van der Waals surface area contributed by atoms with E-state index in [1.54, 1.807) is 0 Å². The van der Waals surface area contributed by atoms with Crippen molar-refractivity contribution in [2.45, 2.75) is 19.7 Å². The number of alkyl halides is 3. The third-order valence-corrected chi connectivity index (χ3v) is 5.66. The van der Waals surface area contributed by atoms with Crippen molar-refractivity contribution in [3.05, 3.63) is 53.1 Å². The molecule has 1 aliphatic carbocycles. The average Bonchev–Trinajstić information content (AvgIpc) is 2.94. The van der Waals surface area contributed by atoms with Crippen molar-refractivity contribution >= 4 is 43.3 Å². The lowest BCUT2D eigenvalue weighted by atomic mass is 10.2. The number of ether oxygens (including phenoxy) is 1. The second-order valence-corrected chi connectivity index (χ2v) is 7.47. The molecular weight excluding hydrogens is 419 g/mol. The number of anilines is 1. The van der Waals surface area contributed by atoms with E-state index in [9.17, 15) is 18.0 Å². The predicted molar refractivity (Wildman–Crippen MR) is 109 cm³/mol. The molecule has 4 rings (SSSR count). The molecule has 30 heavy (non-hydrogen) atoms. The van der Waals surface area contributed by atoms with Gasteiger partial charge < -0.3 is 9.64 Å². The second-order valence-electron chi connectivity index (χ2n) is 6.47. The van der Waals surface area contributed by atoms with E-state index in [1.807, 2.05) is 18.9 Å². The molecule has 156 valence electrons. The molecule has 0 fully saturated rings. The summed E-state index contributed by atoms with van der Waals surface area (Å²) >= 11 is 1.21. The summed E-state index contributed by atoms with van der Waals surface area (Å²) in [6.07, 6.45) is 3.59. The van der Waals surface area contributed by atoms with Crippen LogP contribution in [0.5, 0.6) is 0 Å². The second kappa shape index (κ2) is 7.56. The highest BCUT2D eigenvalue weighted by atomic mass is 32.1. The zero-order chi connectivity index (χ0) is 21.5. The van der Waals surface area contributed by atoms with Crippen LogP contribution in [0.1, 0.15) is 13.3 Å². The summed E-state index contributed by atoms with van der Waals surface area (Å²) in [6, 6.07) is 0. The fourth-order valence-electron chi connectivity index (χ4n) is 3.07. The summed E-state index contributed by atoms with van der Waals surface area (Å²) in [5, 5.41) is 0.710. The van der Waals surface area contributed by atoms with Crippen LogP contribution in [0.15, 0.2) is 47.5 Å². The summed E-state index contributed by atoms with van der Waals surface area (Å²) in [4.78, 5) is 28.8. The van der Waals surface area contributed by atoms with Gasteiger partial charge in [0.2, 0.25) is 0 Å². The molecule has 0 atom stereocenters. The first-order valence-electron chi connectivity index (χ1n) is 8.98. The van der Waals surface area contributed by atoms with E-state index >= 15 is 0 Å². The first kappa shape index (κ1) is 20.1. The van der Waals surface area contributed by atoms with Crippen LogP contribution >= 0.6 is 11.3 Å². The SMILES string of the molecule is CCN(C)c1ncnc2sc3c(=O)n(C4=CC=C(OC(F)(F)F)C=CC4)cnc3c12. The monoisotopic (exact) mass is 435 g/mol. The fraction of sp³-hybridized carbons (Fsp3) is 0.263.